The Labute approximate surface area is 130 Å². The molecule has 0 aliphatic heterocycles. The van der Waals surface area contributed by atoms with Crippen LogP contribution >= 0.6 is 0 Å². The van der Waals surface area contributed by atoms with Crippen molar-refractivity contribution in [1.29, 1.82) is 0 Å². The summed E-state index contributed by atoms with van der Waals surface area (Å²) in [4.78, 5) is 14.0. The van der Waals surface area contributed by atoms with Gasteiger partial charge in [0.2, 0.25) is 0 Å². The van der Waals surface area contributed by atoms with Crippen molar-refractivity contribution in [3.05, 3.63) is 71.0 Å². The zero-order valence-corrected chi connectivity index (χ0v) is 12.6. The Bertz CT molecular complexity index is 628. The molecular formula is C18H20FNO2. The van der Waals surface area contributed by atoms with Crippen molar-refractivity contribution in [2.24, 2.45) is 0 Å². The molecule has 0 radical (unpaired) electrons. The number of halogens is 1. The first-order chi connectivity index (χ1) is 10.6. The fraction of sp³-hybridized carbons (Fsp3) is 0.278. The van der Waals surface area contributed by atoms with Crippen LogP contribution in [-0.4, -0.2) is 35.6 Å². The monoisotopic (exact) mass is 301 g/mol. The van der Waals surface area contributed by atoms with Gasteiger partial charge in [0.1, 0.15) is 5.82 Å². The molecule has 0 aliphatic rings. The van der Waals surface area contributed by atoms with E-state index in [-0.39, 0.29) is 24.6 Å². The number of aliphatic hydroxyl groups excluding tert-OH is 1. The summed E-state index contributed by atoms with van der Waals surface area (Å²) in [5.41, 5.74) is 1.99. The Hall–Kier alpha value is -2.20. The Balaban J connectivity index is 2.12. The van der Waals surface area contributed by atoms with Gasteiger partial charge in [-0.3, -0.25) is 4.79 Å². The first-order valence-corrected chi connectivity index (χ1v) is 7.32. The lowest BCUT2D eigenvalue weighted by atomic mass is 10.1. The van der Waals surface area contributed by atoms with Crippen LogP contribution in [0.3, 0.4) is 0 Å². The fourth-order valence-electron chi connectivity index (χ4n) is 2.32. The maximum atomic E-state index is 13.9. The molecular weight excluding hydrogens is 281 g/mol. The molecule has 2 rings (SSSR count). The lowest BCUT2D eigenvalue weighted by molar-refractivity contribution is 0.0719. The average molecular weight is 301 g/mol. The third kappa shape index (κ3) is 4.15. The number of rotatable bonds is 6. The zero-order chi connectivity index (χ0) is 15.9. The molecule has 0 saturated carbocycles. The summed E-state index contributed by atoms with van der Waals surface area (Å²) in [5.74, 6) is -0.913. The van der Waals surface area contributed by atoms with Gasteiger partial charge in [-0.05, 0) is 31.0 Å². The summed E-state index contributed by atoms with van der Waals surface area (Å²) in [6.45, 7) is 2.31. The number of hydrogen-bond acceptors (Lipinski definition) is 2. The Morgan fingerprint density at radius 1 is 1.14 bits per heavy atom. The molecule has 0 fully saturated rings. The number of hydrogen-bond donors (Lipinski definition) is 1. The minimum absolute atomic E-state index is 0.0570. The number of benzene rings is 2. The Morgan fingerprint density at radius 3 is 2.55 bits per heavy atom. The van der Waals surface area contributed by atoms with Gasteiger partial charge in [-0.25, -0.2) is 4.39 Å². The van der Waals surface area contributed by atoms with Crippen LogP contribution in [0.1, 0.15) is 21.5 Å². The van der Waals surface area contributed by atoms with Gasteiger partial charge in [-0.1, -0.05) is 42.0 Å². The summed E-state index contributed by atoms with van der Waals surface area (Å²) in [7, 11) is 0. The van der Waals surface area contributed by atoms with E-state index < -0.39 is 5.82 Å². The standard InChI is InChI=1S/C18H20FNO2/c1-14-7-8-17(19)16(13-14)18(22)20(11-12-21)10-9-15-5-3-2-4-6-15/h2-8,13,21H,9-12H2,1H3. The molecule has 0 aromatic heterocycles. The van der Waals surface area contributed by atoms with Crippen molar-refractivity contribution < 1.29 is 14.3 Å². The van der Waals surface area contributed by atoms with Crippen LogP contribution in [0.4, 0.5) is 4.39 Å². The van der Waals surface area contributed by atoms with E-state index in [1.165, 1.54) is 11.0 Å². The predicted octanol–water partition coefficient (Wildman–Crippen LogP) is 2.81. The number of carbonyl (C=O) groups is 1. The molecule has 1 amide bonds. The van der Waals surface area contributed by atoms with Crippen LogP contribution in [-0.2, 0) is 6.42 Å². The van der Waals surface area contributed by atoms with Crippen molar-refractivity contribution >= 4 is 5.91 Å². The van der Waals surface area contributed by atoms with E-state index in [2.05, 4.69) is 0 Å². The van der Waals surface area contributed by atoms with Crippen molar-refractivity contribution in [1.82, 2.24) is 4.90 Å². The lowest BCUT2D eigenvalue weighted by Gasteiger charge is -2.22. The van der Waals surface area contributed by atoms with E-state index in [0.29, 0.717) is 13.0 Å². The number of aryl methyl sites for hydroxylation is 1. The quantitative estimate of drug-likeness (QED) is 0.891. The first kappa shape index (κ1) is 16.2. The van der Waals surface area contributed by atoms with Gasteiger partial charge in [-0.2, -0.15) is 0 Å². The van der Waals surface area contributed by atoms with Crippen LogP contribution in [0, 0.1) is 12.7 Å². The van der Waals surface area contributed by atoms with E-state index in [0.717, 1.165) is 11.1 Å². The van der Waals surface area contributed by atoms with Crippen molar-refractivity contribution in [3.63, 3.8) is 0 Å². The third-order valence-electron chi connectivity index (χ3n) is 3.52. The van der Waals surface area contributed by atoms with Crippen LogP contribution in [0.15, 0.2) is 48.5 Å². The van der Waals surface area contributed by atoms with E-state index >= 15 is 0 Å². The van der Waals surface area contributed by atoms with E-state index in [9.17, 15) is 9.18 Å². The smallest absolute Gasteiger partial charge is 0.256 e. The molecule has 0 spiro atoms. The van der Waals surface area contributed by atoms with Gasteiger partial charge in [-0.15, -0.1) is 0 Å². The molecule has 0 saturated heterocycles. The maximum absolute atomic E-state index is 13.9. The van der Waals surface area contributed by atoms with E-state index in [4.69, 9.17) is 5.11 Å². The van der Waals surface area contributed by atoms with Crippen LogP contribution in [0.25, 0.3) is 0 Å². The molecule has 116 valence electrons. The third-order valence-corrected chi connectivity index (χ3v) is 3.52. The predicted molar refractivity (Wildman–Crippen MR) is 84.3 cm³/mol. The summed E-state index contributed by atoms with van der Waals surface area (Å²) < 4.78 is 13.9. The summed E-state index contributed by atoms with van der Waals surface area (Å²) in [6.07, 6.45) is 0.667. The molecule has 2 aromatic rings. The summed E-state index contributed by atoms with van der Waals surface area (Å²) in [6, 6.07) is 14.3. The normalized spacial score (nSPS) is 10.5. The van der Waals surface area contributed by atoms with Crippen LogP contribution in [0.5, 0.6) is 0 Å². The van der Waals surface area contributed by atoms with Gasteiger partial charge in [0.25, 0.3) is 5.91 Å². The molecule has 4 heteroatoms. The molecule has 0 aliphatic carbocycles. The van der Waals surface area contributed by atoms with Crippen molar-refractivity contribution in [3.8, 4) is 0 Å². The SMILES string of the molecule is Cc1ccc(F)c(C(=O)N(CCO)CCc2ccccc2)c1. The fourth-order valence-corrected chi connectivity index (χ4v) is 2.32. The minimum Gasteiger partial charge on any atom is -0.395 e. The second kappa shape index (κ2) is 7.71. The summed E-state index contributed by atoms with van der Waals surface area (Å²) >= 11 is 0. The largest absolute Gasteiger partial charge is 0.395 e. The van der Waals surface area contributed by atoms with E-state index in [1.807, 2.05) is 37.3 Å². The minimum atomic E-state index is -0.529. The van der Waals surface area contributed by atoms with Gasteiger partial charge in [0.15, 0.2) is 0 Å². The highest BCUT2D eigenvalue weighted by Gasteiger charge is 2.19. The number of aliphatic hydroxyl groups is 1. The molecule has 0 bridgehead atoms. The summed E-state index contributed by atoms with van der Waals surface area (Å²) in [5, 5.41) is 9.17. The lowest BCUT2D eigenvalue weighted by Crippen LogP contribution is -2.35. The zero-order valence-electron chi connectivity index (χ0n) is 12.6. The molecule has 2 aromatic carbocycles. The highest BCUT2D eigenvalue weighted by Crippen LogP contribution is 2.13. The molecule has 0 atom stereocenters. The topological polar surface area (TPSA) is 40.5 Å². The molecule has 0 unspecified atom stereocenters. The van der Waals surface area contributed by atoms with Crippen LogP contribution in [0.2, 0.25) is 0 Å². The van der Waals surface area contributed by atoms with Crippen molar-refractivity contribution in [2.75, 3.05) is 19.7 Å². The number of carbonyl (C=O) groups excluding carboxylic acids is 1. The van der Waals surface area contributed by atoms with Gasteiger partial charge in [0, 0.05) is 13.1 Å². The second-order valence-electron chi connectivity index (χ2n) is 5.23. The Morgan fingerprint density at radius 2 is 1.86 bits per heavy atom. The highest BCUT2D eigenvalue weighted by molar-refractivity contribution is 5.94. The highest BCUT2D eigenvalue weighted by atomic mass is 19.1. The van der Waals surface area contributed by atoms with Crippen LogP contribution < -0.4 is 0 Å². The number of nitrogens with zero attached hydrogens (tertiary/aromatic N) is 1. The van der Waals surface area contributed by atoms with E-state index in [1.54, 1.807) is 12.1 Å². The first-order valence-electron chi connectivity index (χ1n) is 7.32. The number of amides is 1. The second-order valence-corrected chi connectivity index (χ2v) is 5.23. The van der Waals surface area contributed by atoms with Gasteiger partial charge >= 0.3 is 0 Å². The van der Waals surface area contributed by atoms with Gasteiger partial charge < -0.3 is 10.0 Å². The molecule has 3 nitrogen and oxygen atoms in total. The Kier molecular flexibility index (Phi) is 5.67. The average Bonchev–Trinajstić information content (AvgIpc) is 2.54. The molecule has 1 N–H and O–H groups in total. The molecule has 0 heterocycles. The van der Waals surface area contributed by atoms with Crippen molar-refractivity contribution in [2.45, 2.75) is 13.3 Å². The maximum Gasteiger partial charge on any atom is 0.256 e. The molecule has 22 heavy (non-hydrogen) atoms. The van der Waals surface area contributed by atoms with Gasteiger partial charge in [0.05, 0.1) is 12.2 Å².